The normalized spacial score (nSPS) is 16.2. The zero-order chi connectivity index (χ0) is 20.1. The van der Waals surface area contributed by atoms with E-state index in [0.717, 1.165) is 29.0 Å². The number of hydrogen-bond acceptors (Lipinski definition) is 8. The summed E-state index contributed by atoms with van der Waals surface area (Å²) in [4.78, 5) is 17.9. The predicted molar refractivity (Wildman–Crippen MR) is 107 cm³/mol. The number of pyridine rings is 1. The summed E-state index contributed by atoms with van der Waals surface area (Å²) in [6, 6.07) is 7.47. The van der Waals surface area contributed by atoms with E-state index in [1.54, 1.807) is 23.1 Å². The van der Waals surface area contributed by atoms with E-state index >= 15 is 0 Å². The lowest BCUT2D eigenvalue weighted by Crippen LogP contribution is -2.36. The minimum Gasteiger partial charge on any atom is -0.402 e. The molecule has 0 amide bonds. The lowest BCUT2D eigenvalue weighted by molar-refractivity contribution is 0.502. The highest BCUT2D eigenvalue weighted by Gasteiger charge is 2.36. The molecular formula is C19H14ClN9O. The first-order valence-corrected chi connectivity index (χ1v) is 9.68. The average Bonchev–Trinajstić information content (AvgIpc) is 3.52. The largest absolute Gasteiger partial charge is 0.402 e. The molecule has 0 unspecified atom stereocenters. The van der Waals surface area contributed by atoms with Gasteiger partial charge in [0.2, 0.25) is 0 Å². The summed E-state index contributed by atoms with van der Waals surface area (Å²) in [5.74, 6) is 0.331. The van der Waals surface area contributed by atoms with Gasteiger partial charge in [-0.2, -0.15) is 5.10 Å². The molecule has 0 saturated carbocycles. The maximum absolute atomic E-state index is 6.36. The zero-order valence-corrected chi connectivity index (χ0v) is 16.2. The van der Waals surface area contributed by atoms with Crippen molar-refractivity contribution in [2.24, 2.45) is 0 Å². The molecular weight excluding hydrogens is 406 g/mol. The number of imidazole rings is 1. The van der Waals surface area contributed by atoms with Gasteiger partial charge >= 0.3 is 6.01 Å². The van der Waals surface area contributed by atoms with Crippen LogP contribution in [0.4, 0.5) is 6.01 Å². The number of nitrogens with one attached hydrogen (secondary N) is 1. The van der Waals surface area contributed by atoms with Gasteiger partial charge in [0, 0.05) is 31.1 Å². The summed E-state index contributed by atoms with van der Waals surface area (Å²) in [5.41, 5.74) is 4.12. The molecule has 5 aromatic rings. The molecule has 6 heterocycles. The molecule has 5 aromatic heterocycles. The minimum absolute atomic E-state index is 0.297. The van der Waals surface area contributed by atoms with Gasteiger partial charge in [0.05, 0.1) is 28.3 Å². The molecule has 0 radical (unpaired) electrons. The number of halogens is 1. The maximum atomic E-state index is 6.36. The summed E-state index contributed by atoms with van der Waals surface area (Å²) in [7, 11) is 0. The zero-order valence-electron chi connectivity index (χ0n) is 15.5. The smallest absolute Gasteiger partial charge is 0.319 e. The van der Waals surface area contributed by atoms with Crippen LogP contribution in [0.25, 0.3) is 17.1 Å². The first-order valence-electron chi connectivity index (χ1n) is 9.30. The number of fused-ring (bicyclic) bond motifs is 2. The Morgan fingerprint density at radius 3 is 3.03 bits per heavy atom. The van der Waals surface area contributed by atoms with Crippen LogP contribution >= 0.6 is 11.6 Å². The van der Waals surface area contributed by atoms with Crippen LogP contribution < -0.4 is 4.90 Å². The Morgan fingerprint density at radius 2 is 2.17 bits per heavy atom. The summed E-state index contributed by atoms with van der Waals surface area (Å²) in [6.45, 7) is 0.660. The number of aromatic nitrogens is 8. The van der Waals surface area contributed by atoms with Crippen LogP contribution in [0.1, 0.15) is 23.1 Å². The Hall–Kier alpha value is -3.79. The number of rotatable bonds is 3. The topological polar surface area (TPSA) is 114 Å². The molecule has 148 valence electrons. The summed E-state index contributed by atoms with van der Waals surface area (Å²) in [5, 5.41) is 13.8. The van der Waals surface area contributed by atoms with E-state index in [0.29, 0.717) is 29.2 Å². The summed E-state index contributed by atoms with van der Waals surface area (Å²) >= 11 is 6.36. The van der Waals surface area contributed by atoms with Crippen molar-refractivity contribution in [1.29, 1.82) is 0 Å². The maximum Gasteiger partial charge on any atom is 0.319 e. The molecule has 11 heteroatoms. The van der Waals surface area contributed by atoms with Crippen molar-refractivity contribution in [2.45, 2.75) is 12.5 Å². The fourth-order valence-corrected chi connectivity index (χ4v) is 3.98. The van der Waals surface area contributed by atoms with Crippen LogP contribution in [0.2, 0.25) is 5.02 Å². The Balaban J connectivity index is 1.46. The molecule has 0 saturated heterocycles. The Labute approximate surface area is 174 Å². The van der Waals surface area contributed by atoms with Gasteiger partial charge in [-0.15, -0.1) is 5.10 Å². The molecule has 0 spiro atoms. The van der Waals surface area contributed by atoms with Gasteiger partial charge in [-0.1, -0.05) is 16.7 Å². The number of nitrogens with zero attached hydrogens (tertiary/aromatic N) is 8. The number of anilines is 1. The van der Waals surface area contributed by atoms with E-state index in [1.165, 1.54) is 6.33 Å². The van der Waals surface area contributed by atoms with Crippen molar-refractivity contribution in [1.82, 2.24) is 39.7 Å². The lowest BCUT2D eigenvalue weighted by Gasteiger charge is -2.32. The van der Waals surface area contributed by atoms with Crippen molar-refractivity contribution >= 4 is 23.1 Å². The predicted octanol–water partition coefficient (Wildman–Crippen LogP) is 2.70. The third kappa shape index (κ3) is 2.65. The molecule has 0 aromatic carbocycles. The van der Waals surface area contributed by atoms with Crippen molar-refractivity contribution < 1.29 is 4.42 Å². The first-order chi connectivity index (χ1) is 14.8. The molecule has 1 atom stereocenters. The van der Waals surface area contributed by atoms with Gasteiger partial charge in [0.15, 0.2) is 0 Å². The summed E-state index contributed by atoms with van der Waals surface area (Å²) < 4.78 is 7.73. The third-order valence-electron chi connectivity index (χ3n) is 5.14. The molecule has 1 N–H and O–H groups in total. The molecule has 1 aliphatic rings. The van der Waals surface area contributed by atoms with E-state index < -0.39 is 0 Å². The van der Waals surface area contributed by atoms with Gasteiger partial charge in [-0.3, -0.25) is 0 Å². The van der Waals surface area contributed by atoms with E-state index in [-0.39, 0.29) is 6.04 Å². The monoisotopic (exact) mass is 419 g/mol. The van der Waals surface area contributed by atoms with Crippen LogP contribution in [0.5, 0.6) is 0 Å². The van der Waals surface area contributed by atoms with Crippen LogP contribution in [0, 0.1) is 0 Å². The Bertz CT molecular complexity index is 1340. The fraction of sp³-hybridized carbons (Fsp3) is 0.158. The van der Waals surface area contributed by atoms with E-state index in [4.69, 9.17) is 21.1 Å². The standard InChI is InChI=1S/C19H14ClN9O/c20-11-2-1-6-29-15(11)8-14(27-29)17-16-12(23-10-24-16)4-7-28(17)19-26-25-18(30-19)13-3-5-21-9-22-13/h1-3,5-6,8-10,17H,4,7H2,(H,23,24)/t17-/m0/s1. The van der Waals surface area contributed by atoms with Gasteiger partial charge in [0.1, 0.15) is 18.1 Å². The molecule has 10 nitrogen and oxygen atoms in total. The second-order valence-corrected chi connectivity index (χ2v) is 7.26. The first kappa shape index (κ1) is 17.1. The highest BCUT2D eigenvalue weighted by molar-refractivity contribution is 6.33. The van der Waals surface area contributed by atoms with E-state index in [1.807, 2.05) is 29.3 Å². The number of hydrogen-bond donors (Lipinski definition) is 1. The van der Waals surface area contributed by atoms with Crippen molar-refractivity contribution in [2.75, 3.05) is 11.4 Å². The van der Waals surface area contributed by atoms with Gasteiger partial charge in [-0.25, -0.2) is 19.5 Å². The molecule has 0 fully saturated rings. The van der Waals surface area contributed by atoms with Crippen LogP contribution in [0.3, 0.4) is 0 Å². The number of aromatic amines is 1. The number of H-pyrrole nitrogens is 1. The van der Waals surface area contributed by atoms with Crippen LogP contribution in [0.15, 0.2) is 53.7 Å². The van der Waals surface area contributed by atoms with Crippen molar-refractivity contribution in [3.05, 3.63) is 71.4 Å². The molecule has 6 rings (SSSR count). The fourth-order valence-electron chi connectivity index (χ4n) is 3.77. The SMILES string of the molecule is Clc1cccn2nc([C@H]3c4nc[nH]c4CCN3c3nnc(-c4ccncn4)o3)cc12. The van der Waals surface area contributed by atoms with Gasteiger partial charge < -0.3 is 14.3 Å². The Kier molecular flexibility index (Phi) is 3.78. The van der Waals surface area contributed by atoms with Crippen LogP contribution in [-0.2, 0) is 6.42 Å². The van der Waals surface area contributed by atoms with E-state index in [2.05, 4.69) is 30.1 Å². The molecule has 0 aliphatic carbocycles. The lowest BCUT2D eigenvalue weighted by atomic mass is 10.0. The quantitative estimate of drug-likeness (QED) is 0.474. The van der Waals surface area contributed by atoms with E-state index in [9.17, 15) is 0 Å². The molecule has 30 heavy (non-hydrogen) atoms. The van der Waals surface area contributed by atoms with Gasteiger partial charge in [-0.05, 0) is 24.3 Å². The van der Waals surface area contributed by atoms with Crippen LogP contribution in [-0.4, -0.2) is 46.3 Å². The second kappa shape index (κ2) is 6.63. The molecule has 1 aliphatic heterocycles. The summed E-state index contributed by atoms with van der Waals surface area (Å²) in [6.07, 6.45) is 7.41. The highest BCUT2D eigenvalue weighted by atomic mass is 35.5. The average molecular weight is 420 g/mol. The van der Waals surface area contributed by atoms with Crippen molar-refractivity contribution in [3.63, 3.8) is 0 Å². The third-order valence-corrected chi connectivity index (χ3v) is 5.46. The minimum atomic E-state index is -0.297. The van der Waals surface area contributed by atoms with Gasteiger partial charge in [0.25, 0.3) is 5.89 Å². The van der Waals surface area contributed by atoms with Crippen molar-refractivity contribution in [3.8, 4) is 11.6 Å². The highest BCUT2D eigenvalue weighted by Crippen LogP contribution is 2.37. The Morgan fingerprint density at radius 1 is 1.20 bits per heavy atom. The second-order valence-electron chi connectivity index (χ2n) is 6.85. The molecule has 0 bridgehead atoms.